The van der Waals surface area contributed by atoms with Crippen LogP contribution >= 0.6 is 11.6 Å². The van der Waals surface area contributed by atoms with Gasteiger partial charge >= 0.3 is 6.09 Å². The molecule has 2 aromatic rings. The van der Waals surface area contributed by atoms with E-state index in [1.165, 1.54) is 40.7 Å². The van der Waals surface area contributed by atoms with E-state index in [1.54, 1.807) is 12.1 Å². The third kappa shape index (κ3) is 6.14. The van der Waals surface area contributed by atoms with E-state index < -0.39 is 34.0 Å². The Labute approximate surface area is 211 Å². The van der Waals surface area contributed by atoms with Crippen LogP contribution < -0.4 is 5.32 Å². The Morgan fingerprint density at radius 1 is 1.14 bits per heavy atom. The molecule has 2 aliphatic rings. The van der Waals surface area contributed by atoms with Crippen molar-refractivity contribution in [3.63, 3.8) is 0 Å². The molecule has 0 radical (unpaired) electrons. The minimum Gasteiger partial charge on any atom is -0.448 e. The molecule has 0 aliphatic carbocycles. The summed E-state index contributed by atoms with van der Waals surface area (Å²) >= 11 is 5.95. The summed E-state index contributed by atoms with van der Waals surface area (Å²) in [6.07, 6.45) is 3.53. The Balaban J connectivity index is 1.46. The summed E-state index contributed by atoms with van der Waals surface area (Å²) in [5.41, 5.74) is 0.565. The topological polar surface area (TPSA) is 79.0 Å². The van der Waals surface area contributed by atoms with Crippen LogP contribution in [0.2, 0.25) is 5.02 Å². The van der Waals surface area contributed by atoms with E-state index in [2.05, 4.69) is 17.3 Å². The lowest BCUT2D eigenvalue weighted by molar-refractivity contribution is 0.120. The largest absolute Gasteiger partial charge is 0.448 e. The summed E-state index contributed by atoms with van der Waals surface area (Å²) in [5.74, 6) is -0.432. The fourth-order valence-electron chi connectivity index (χ4n) is 5.04. The van der Waals surface area contributed by atoms with E-state index in [-0.39, 0.29) is 11.5 Å². The second-order valence-electron chi connectivity index (χ2n) is 9.18. The second-order valence-corrected chi connectivity index (χ2v) is 11.5. The maximum atomic E-state index is 14.0. The summed E-state index contributed by atoms with van der Waals surface area (Å²) < 4.78 is 48.0. The molecule has 10 heteroatoms. The lowest BCUT2D eigenvalue weighted by atomic mass is 10.1. The van der Waals surface area contributed by atoms with Crippen molar-refractivity contribution in [2.24, 2.45) is 0 Å². The van der Waals surface area contributed by atoms with Gasteiger partial charge in [0, 0.05) is 17.6 Å². The number of hydrogen-bond acceptors (Lipinski definition) is 5. The zero-order valence-electron chi connectivity index (χ0n) is 19.7. The van der Waals surface area contributed by atoms with Crippen LogP contribution in [0.3, 0.4) is 0 Å². The molecule has 4 rings (SSSR count). The highest BCUT2D eigenvalue weighted by molar-refractivity contribution is 7.89. The molecule has 2 fully saturated rings. The quantitative estimate of drug-likeness (QED) is 0.548. The predicted molar refractivity (Wildman–Crippen MR) is 132 cm³/mol. The molecular weight excluding hydrogens is 493 g/mol. The lowest BCUT2D eigenvalue weighted by Crippen LogP contribution is -2.41. The number of ether oxygens (including phenoxy) is 1. The van der Waals surface area contributed by atoms with Crippen molar-refractivity contribution in [1.82, 2.24) is 14.5 Å². The van der Waals surface area contributed by atoms with Crippen LogP contribution in [0.5, 0.6) is 0 Å². The number of benzene rings is 2. The van der Waals surface area contributed by atoms with Crippen molar-refractivity contribution in [2.45, 2.75) is 55.1 Å². The van der Waals surface area contributed by atoms with Gasteiger partial charge in [0.25, 0.3) is 0 Å². The van der Waals surface area contributed by atoms with Gasteiger partial charge in [-0.2, -0.15) is 4.31 Å². The van der Waals surface area contributed by atoms with Gasteiger partial charge < -0.3 is 15.0 Å². The van der Waals surface area contributed by atoms with Gasteiger partial charge in [-0.1, -0.05) is 23.7 Å². The normalized spacial score (nSPS) is 23.5. The van der Waals surface area contributed by atoms with Gasteiger partial charge in [0.2, 0.25) is 10.0 Å². The molecular formula is C25H31ClFN3O4S. The van der Waals surface area contributed by atoms with E-state index in [0.29, 0.717) is 36.0 Å². The molecule has 0 spiro atoms. The van der Waals surface area contributed by atoms with Gasteiger partial charge in [0.15, 0.2) is 0 Å². The van der Waals surface area contributed by atoms with Crippen molar-refractivity contribution < 1.29 is 22.3 Å². The van der Waals surface area contributed by atoms with Crippen LogP contribution in [-0.4, -0.2) is 62.5 Å². The smallest absolute Gasteiger partial charge is 0.407 e. The minimum atomic E-state index is -3.96. The van der Waals surface area contributed by atoms with Gasteiger partial charge in [-0.25, -0.2) is 17.6 Å². The average molecular weight is 524 g/mol. The monoisotopic (exact) mass is 523 g/mol. The third-order valence-corrected chi connectivity index (χ3v) is 9.12. The molecule has 2 saturated heterocycles. The van der Waals surface area contributed by atoms with Crippen LogP contribution in [0.4, 0.5) is 9.18 Å². The lowest BCUT2D eigenvalue weighted by Gasteiger charge is -2.29. The molecule has 1 unspecified atom stereocenters. The van der Waals surface area contributed by atoms with E-state index >= 15 is 0 Å². The molecule has 0 saturated carbocycles. The summed E-state index contributed by atoms with van der Waals surface area (Å²) in [5, 5.41) is 3.20. The Bertz CT molecular complexity index is 1130. The number of sulfonamides is 1. The van der Waals surface area contributed by atoms with Crippen LogP contribution in [0.1, 0.15) is 43.7 Å². The second kappa shape index (κ2) is 11.2. The minimum absolute atomic E-state index is 0.0836. The zero-order valence-corrected chi connectivity index (χ0v) is 21.3. The maximum absolute atomic E-state index is 14.0. The van der Waals surface area contributed by atoms with Crippen molar-refractivity contribution in [3.8, 4) is 0 Å². The first-order chi connectivity index (χ1) is 16.8. The SMILES string of the molecule is CN1CCCC1CCNC(=O)OC[C@H]1CC[C@@H](c2cccc(F)c2)N1S(=O)(=O)c1ccc(Cl)cc1. The fourth-order valence-corrected chi connectivity index (χ4v) is 7.01. The van der Waals surface area contributed by atoms with Gasteiger partial charge in [-0.05, 0) is 87.7 Å². The Kier molecular flexibility index (Phi) is 8.31. The highest BCUT2D eigenvalue weighted by atomic mass is 35.5. The predicted octanol–water partition coefficient (Wildman–Crippen LogP) is 4.58. The number of nitrogens with zero attached hydrogens (tertiary/aromatic N) is 2. The molecule has 1 N–H and O–H groups in total. The van der Waals surface area contributed by atoms with Crippen LogP contribution in [0.15, 0.2) is 53.4 Å². The van der Waals surface area contributed by atoms with Crippen molar-refractivity contribution in [2.75, 3.05) is 26.7 Å². The summed E-state index contributed by atoms with van der Waals surface area (Å²) in [4.78, 5) is 14.7. The first-order valence-electron chi connectivity index (χ1n) is 11.9. The number of halogens is 2. The van der Waals surface area contributed by atoms with Crippen molar-refractivity contribution in [3.05, 3.63) is 64.9 Å². The van der Waals surface area contributed by atoms with E-state index in [9.17, 15) is 17.6 Å². The molecule has 2 aromatic carbocycles. The van der Waals surface area contributed by atoms with E-state index in [1.807, 2.05) is 0 Å². The number of alkyl carbamates (subject to hydrolysis) is 1. The summed E-state index contributed by atoms with van der Waals surface area (Å²) in [6, 6.07) is 11.2. The molecule has 0 aromatic heterocycles. The molecule has 0 bridgehead atoms. The highest BCUT2D eigenvalue weighted by Crippen LogP contribution is 2.41. The van der Waals surface area contributed by atoms with Gasteiger partial charge in [-0.15, -0.1) is 0 Å². The first-order valence-corrected chi connectivity index (χ1v) is 13.7. The Morgan fingerprint density at radius 3 is 2.60 bits per heavy atom. The molecule has 3 atom stereocenters. The zero-order chi connectivity index (χ0) is 25.0. The third-order valence-electron chi connectivity index (χ3n) is 6.89. The van der Waals surface area contributed by atoms with Crippen LogP contribution in [-0.2, 0) is 14.8 Å². The van der Waals surface area contributed by atoms with E-state index in [4.69, 9.17) is 16.3 Å². The maximum Gasteiger partial charge on any atom is 0.407 e. The number of carbonyl (C=O) groups excluding carboxylic acids is 1. The number of likely N-dealkylation sites (tertiary alicyclic amines) is 1. The Hall–Kier alpha value is -2.20. The fraction of sp³-hybridized carbons (Fsp3) is 0.480. The van der Waals surface area contributed by atoms with Crippen LogP contribution in [0, 0.1) is 5.82 Å². The molecule has 2 aliphatic heterocycles. The summed E-state index contributed by atoms with van der Waals surface area (Å²) in [7, 11) is -1.88. The Morgan fingerprint density at radius 2 is 1.91 bits per heavy atom. The van der Waals surface area contributed by atoms with Crippen molar-refractivity contribution in [1.29, 1.82) is 0 Å². The standard InChI is InChI=1S/C25H31ClFN3O4S/c1-29-15-3-6-21(29)13-14-28-25(31)34-17-22-9-12-24(18-4-2-5-20(27)16-18)30(22)35(32,33)23-10-7-19(26)8-11-23/h2,4-5,7-8,10-11,16,21-22,24H,3,6,9,12-15,17H2,1H3,(H,28,31)/t21?,22-,24+/m1/s1. The van der Waals surface area contributed by atoms with Gasteiger partial charge in [0.1, 0.15) is 12.4 Å². The summed E-state index contributed by atoms with van der Waals surface area (Å²) in [6.45, 7) is 1.48. The number of carbonyl (C=O) groups is 1. The highest BCUT2D eigenvalue weighted by Gasteiger charge is 2.43. The first kappa shape index (κ1) is 25.9. The number of rotatable bonds is 8. The van der Waals surface area contributed by atoms with Gasteiger partial charge in [-0.3, -0.25) is 0 Å². The average Bonchev–Trinajstić information content (AvgIpc) is 3.44. The molecule has 35 heavy (non-hydrogen) atoms. The van der Waals surface area contributed by atoms with Gasteiger partial charge in [0.05, 0.1) is 17.0 Å². The van der Waals surface area contributed by atoms with Crippen molar-refractivity contribution >= 4 is 27.7 Å². The number of nitrogens with one attached hydrogen (secondary N) is 1. The molecule has 190 valence electrons. The van der Waals surface area contributed by atoms with E-state index in [0.717, 1.165) is 25.8 Å². The molecule has 1 amide bonds. The van der Waals surface area contributed by atoms with Crippen LogP contribution in [0.25, 0.3) is 0 Å². The molecule has 2 heterocycles. The number of amides is 1. The number of hydrogen-bond donors (Lipinski definition) is 1. The molecule has 7 nitrogen and oxygen atoms in total.